The van der Waals surface area contributed by atoms with E-state index in [1.54, 1.807) is 0 Å². The number of rotatable bonds is 5. The maximum absolute atomic E-state index is 10.2. The molecule has 0 aromatic rings. The number of carbonyl (C=O) groups is 1. The van der Waals surface area contributed by atoms with Crippen molar-refractivity contribution in [1.29, 1.82) is 0 Å². The van der Waals surface area contributed by atoms with E-state index in [0.717, 1.165) is 12.7 Å². The van der Waals surface area contributed by atoms with Gasteiger partial charge in [-0.3, -0.25) is 4.90 Å². The van der Waals surface area contributed by atoms with E-state index in [9.17, 15) is 4.79 Å². The van der Waals surface area contributed by atoms with Crippen molar-refractivity contribution in [2.45, 2.75) is 58.0 Å². The Labute approximate surface area is 93.3 Å². The van der Waals surface area contributed by atoms with Crippen molar-refractivity contribution in [2.24, 2.45) is 0 Å². The summed E-state index contributed by atoms with van der Waals surface area (Å²) < 4.78 is 0. The molecule has 1 rings (SSSR count). The summed E-state index contributed by atoms with van der Waals surface area (Å²) in [5.74, 6) is 0. The molecule has 1 heterocycles. The van der Waals surface area contributed by atoms with Crippen LogP contribution in [0.4, 0.5) is 0 Å². The molecule has 1 unspecified atom stereocenters. The molecule has 2 nitrogen and oxygen atoms in total. The van der Waals surface area contributed by atoms with E-state index in [-0.39, 0.29) is 0 Å². The van der Waals surface area contributed by atoms with Gasteiger partial charge in [-0.05, 0) is 39.7 Å². The summed E-state index contributed by atoms with van der Waals surface area (Å²) in [4.78, 5) is 12.8. The number of hydrogen-bond acceptors (Lipinski definition) is 2. The van der Waals surface area contributed by atoms with E-state index in [2.05, 4.69) is 24.8 Å². The van der Waals surface area contributed by atoms with Crippen LogP contribution in [0.5, 0.6) is 0 Å². The predicted octanol–water partition coefficient (Wildman–Crippen LogP) is 2.78. The number of allylic oxidation sites excluding steroid dienone is 1. The Morgan fingerprint density at radius 3 is 2.80 bits per heavy atom. The molecule has 1 aliphatic heterocycles. The minimum Gasteiger partial charge on any atom is -0.303 e. The molecule has 0 spiro atoms. The average Bonchev–Trinajstić information content (AvgIpc) is 2.25. The molecule has 0 N–H and O–H groups in total. The number of carbonyl (C=O) groups excluding carboxylic acids is 1. The highest BCUT2D eigenvalue weighted by Gasteiger charge is 2.22. The first-order chi connectivity index (χ1) is 7.25. The summed E-state index contributed by atoms with van der Waals surface area (Å²) in [5, 5.41) is 0. The highest BCUT2D eigenvalue weighted by molar-refractivity contribution is 5.51. The van der Waals surface area contributed by atoms with Crippen molar-refractivity contribution >= 4 is 6.29 Å². The van der Waals surface area contributed by atoms with Crippen molar-refractivity contribution in [3.63, 3.8) is 0 Å². The van der Waals surface area contributed by atoms with E-state index in [0.29, 0.717) is 18.5 Å². The summed E-state index contributed by atoms with van der Waals surface area (Å²) in [6.45, 7) is 5.78. The maximum atomic E-state index is 10.2. The van der Waals surface area contributed by atoms with Crippen LogP contribution in [0.15, 0.2) is 12.2 Å². The van der Waals surface area contributed by atoms with Gasteiger partial charge >= 0.3 is 0 Å². The summed E-state index contributed by atoms with van der Waals surface area (Å²) in [5.41, 5.74) is 0. The normalized spacial score (nSPS) is 23.8. The molecule has 1 saturated heterocycles. The minimum absolute atomic E-state index is 0.564. The van der Waals surface area contributed by atoms with Gasteiger partial charge in [0.25, 0.3) is 0 Å². The molecular weight excluding hydrogens is 186 g/mol. The summed E-state index contributed by atoms with van der Waals surface area (Å²) in [6.07, 6.45) is 10.8. The zero-order valence-corrected chi connectivity index (χ0v) is 9.98. The smallest absolute Gasteiger partial charge is 0.123 e. The van der Waals surface area contributed by atoms with Crippen molar-refractivity contribution < 1.29 is 4.79 Å². The summed E-state index contributed by atoms with van der Waals surface area (Å²) in [7, 11) is 0. The monoisotopic (exact) mass is 209 g/mol. The van der Waals surface area contributed by atoms with Gasteiger partial charge in [0.1, 0.15) is 6.29 Å². The van der Waals surface area contributed by atoms with Crippen LogP contribution >= 0.6 is 0 Å². The van der Waals surface area contributed by atoms with Crippen molar-refractivity contribution in [3.05, 3.63) is 12.2 Å². The third-order valence-corrected chi connectivity index (χ3v) is 3.14. The Balaban J connectivity index is 2.38. The maximum Gasteiger partial charge on any atom is 0.123 e. The number of likely N-dealkylation sites (tertiary alicyclic amines) is 1. The first-order valence-electron chi connectivity index (χ1n) is 6.10. The lowest BCUT2D eigenvalue weighted by atomic mass is 9.97. The fraction of sp³-hybridized carbons (Fsp3) is 0.769. The van der Waals surface area contributed by atoms with Crippen LogP contribution in [0.2, 0.25) is 0 Å². The molecule has 1 fully saturated rings. The Hall–Kier alpha value is -0.630. The lowest BCUT2D eigenvalue weighted by molar-refractivity contribution is -0.107. The molecule has 0 aromatic carbocycles. The first-order valence-corrected chi connectivity index (χ1v) is 6.10. The Morgan fingerprint density at radius 2 is 2.13 bits per heavy atom. The standard InChI is InChI=1S/C13H23NO/c1-12(2)14-10-6-5-9-13(14)8-4-3-7-11-15/h3-4,11-13H,5-10H2,1-2H3/b4-3-. The van der Waals surface area contributed by atoms with Crippen molar-refractivity contribution in [3.8, 4) is 0 Å². The molecule has 15 heavy (non-hydrogen) atoms. The van der Waals surface area contributed by atoms with Crippen LogP contribution in [0.25, 0.3) is 0 Å². The molecule has 86 valence electrons. The second kappa shape index (κ2) is 6.78. The predicted molar refractivity (Wildman–Crippen MR) is 63.9 cm³/mol. The van der Waals surface area contributed by atoms with Crippen molar-refractivity contribution in [1.82, 2.24) is 4.90 Å². The van der Waals surface area contributed by atoms with Gasteiger partial charge in [0.2, 0.25) is 0 Å². The van der Waals surface area contributed by atoms with Crippen LogP contribution in [-0.4, -0.2) is 29.8 Å². The first kappa shape index (κ1) is 12.4. The second-order valence-corrected chi connectivity index (χ2v) is 4.59. The highest BCUT2D eigenvalue weighted by Crippen LogP contribution is 2.22. The highest BCUT2D eigenvalue weighted by atomic mass is 16.1. The van der Waals surface area contributed by atoms with Gasteiger partial charge in [-0.15, -0.1) is 0 Å². The van der Waals surface area contributed by atoms with Gasteiger partial charge in [-0.2, -0.15) is 0 Å². The zero-order chi connectivity index (χ0) is 11.1. The van der Waals surface area contributed by atoms with Gasteiger partial charge < -0.3 is 4.79 Å². The fourth-order valence-corrected chi connectivity index (χ4v) is 2.36. The van der Waals surface area contributed by atoms with Crippen LogP contribution < -0.4 is 0 Å². The Morgan fingerprint density at radius 1 is 1.33 bits per heavy atom. The van der Waals surface area contributed by atoms with Crippen LogP contribution in [-0.2, 0) is 4.79 Å². The van der Waals surface area contributed by atoms with Crippen LogP contribution in [0.3, 0.4) is 0 Å². The third kappa shape index (κ3) is 4.17. The van der Waals surface area contributed by atoms with E-state index in [4.69, 9.17) is 0 Å². The molecule has 0 aromatic heterocycles. The molecule has 0 amide bonds. The zero-order valence-electron chi connectivity index (χ0n) is 9.98. The number of piperidine rings is 1. The largest absolute Gasteiger partial charge is 0.303 e. The number of nitrogens with zero attached hydrogens (tertiary/aromatic N) is 1. The quantitative estimate of drug-likeness (QED) is 0.512. The van der Waals surface area contributed by atoms with Gasteiger partial charge in [-0.25, -0.2) is 0 Å². The molecule has 0 aliphatic carbocycles. The average molecular weight is 209 g/mol. The molecule has 0 bridgehead atoms. The van der Waals surface area contributed by atoms with Gasteiger partial charge in [0, 0.05) is 18.5 Å². The fourth-order valence-electron chi connectivity index (χ4n) is 2.36. The van der Waals surface area contributed by atoms with E-state index >= 15 is 0 Å². The van der Waals surface area contributed by atoms with E-state index in [1.807, 2.05) is 6.08 Å². The van der Waals surface area contributed by atoms with Gasteiger partial charge in [0.15, 0.2) is 0 Å². The summed E-state index contributed by atoms with van der Waals surface area (Å²) in [6, 6.07) is 1.34. The minimum atomic E-state index is 0.564. The van der Waals surface area contributed by atoms with Crippen LogP contribution in [0, 0.1) is 0 Å². The SMILES string of the molecule is CC(C)N1CCCCC1C/C=C\CC=O. The topological polar surface area (TPSA) is 20.3 Å². The van der Waals surface area contributed by atoms with Crippen molar-refractivity contribution in [2.75, 3.05) is 6.54 Å². The lowest BCUT2D eigenvalue weighted by Gasteiger charge is -2.38. The summed E-state index contributed by atoms with van der Waals surface area (Å²) >= 11 is 0. The second-order valence-electron chi connectivity index (χ2n) is 4.59. The Bertz CT molecular complexity index is 211. The van der Waals surface area contributed by atoms with Gasteiger partial charge in [-0.1, -0.05) is 18.6 Å². The molecule has 1 atom stereocenters. The molecule has 1 aliphatic rings. The molecule has 0 saturated carbocycles. The van der Waals surface area contributed by atoms with E-state index < -0.39 is 0 Å². The van der Waals surface area contributed by atoms with E-state index in [1.165, 1.54) is 25.8 Å². The lowest BCUT2D eigenvalue weighted by Crippen LogP contribution is -2.43. The third-order valence-electron chi connectivity index (χ3n) is 3.14. The molecule has 2 heteroatoms. The number of hydrogen-bond donors (Lipinski definition) is 0. The van der Waals surface area contributed by atoms with Crippen LogP contribution in [0.1, 0.15) is 46.0 Å². The molecule has 0 radical (unpaired) electrons. The van der Waals surface area contributed by atoms with Gasteiger partial charge in [0.05, 0.1) is 0 Å². The number of aldehydes is 1. The molecular formula is C13H23NO. The Kier molecular flexibility index (Phi) is 5.62.